The van der Waals surface area contributed by atoms with Crippen LogP contribution in [-0.4, -0.2) is 42.1 Å². The van der Waals surface area contributed by atoms with Gasteiger partial charge in [0.25, 0.3) is 5.91 Å². The van der Waals surface area contributed by atoms with Gasteiger partial charge in [0.15, 0.2) is 0 Å². The maximum atomic E-state index is 12.7. The van der Waals surface area contributed by atoms with Gasteiger partial charge in [-0.2, -0.15) is 0 Å². The number of amides is 1. The fourth-order valence-corrected chi connectivity index (χ4v) is 2.93. The standard InChI is InChI=1S/C19H22N2O3/c1-3-23-18-17(9-6-10-20-18)19(22)21(2)12-16-11-14-7-4-5-8-15(14)13-24-16/h4-10,16H,3,11-13H2,1-2H3. The van der Waals surface area contributed by atoms with Gasteiger partial charge in [0.05, 0.1) is 19.3 Å². The lowest BCUT2D eigenvalue weighted by molar-refractivity contribution is 0.00975. The van der Waals surface area contributed by atoms with Crippen molar-refractivity contribution in [3.8, 4) is 5.88 Å². The first-order valence-corrected chi connectivity index (χ1v) is 8.20. The molecule has 0 radical (unpaired) electrons. The molecule has 1 aromatic carbocycles. The average Bonchev–Trinajstić information content (AvgIpc) is 2.62. The Morgan fingerprint density at radius 3 is 2.88 bits per heavy atom. The molecule has 3 rings (SSSR count). The van der Waals surface area contributed by atoms with Crippen molar-refractivity contribution in [1.29, 1.82) is 0 Å². The molecular formula is C19H22N2O3. The second kappa shape index (κ2) is 7.45. The maximum absolute atomic E-state index is 12.7. The first-order chi connectivity index (χ1) is 11.7. The van der Waals surface area contributed by atoms with Crippen LogP contribution in [-0.2, 0) is 17.8 Å². The summed E-state index contributed by atoms with van der Waals surface area (Å²) >= 11 is 0. The van der Waals surface area contributed by atoms with Crippen LogP contribution < -0.4 is 4.74 Å². The van der Waals surface area contributed by atoms with E-state index >= 15 is 0 Å². The van der Waals surface area contributed by atoms with Crippen LogP contribution in [0.25, 0.3) is 0 Å². The number of aromatic nitrogens is 1. The van der Waals surface area contributed by atoms with Gasteiger partial charge in [-0.05, 0) is 30.2 Å². The van der Waals surface area contributed by atoms with Crippen LogP contribution in [0.5, 0.6) is 5.88 Å². The quantitative estimate of drug-likeness (QED) is 0.848. The Morgan fingerprint density at radius 2 is 2.08 bits per heavy atom. The number of benzene rings is 1. The van der Waals surface area contributed by atoms with Crippen LogP contribution in [0.1, 0.15) is 28.4 Å². The molecule has 5 heteroatoms. The van der Waals surface area contributed by atoms with Crippen molar-refractivity contribution < 1.29 is 14.3 Å². The zero-order valence-electron chi connectivity index (χ0n) is 14.1. The Balaban J connectivity index is 1.67. The molecule has 0 spiro atoms. The lowest BCUT2D eigenvalue weighted by atomic mass is 9.99. The Labute approximate surface area is 142 Å². The average molecular weight is 326 g/mol. The fourth-order valence-electron chi connectivity index (χ4n) is 2.93. The second-order valence-electron chi connectivity index (χ2n) is 5.88. The largest absolute Gasteiger partial charge is 0.477 e. The highest BCUT2D eigenvalue weighted by Gasteiger charge is 2.24. The second-order valence-corrected chi connectivity index (χ2v) is 5.88. The van der Waals surface area contributed by atoms with E-state index in [0.29, 0.717) is 31.2 Å². The van der Waals surface area contributed by atoms with E-state index in [2.05, 4.69) is 17.1 Å². The molecular weight excluding hydrogens is 304 g/mol. The van der Waals surface area contributed by atoms with Crippen molar-refractivity contribution in [2.45, 2.75) is 26.1 Å². The van der Waals surface area contributed by atoms with E-state index in [1.807, 2.05) is 19.1 Å². The van der Waals surface area contributed by atoms with E-state index in [-0.39, 0.29) is 12.0 Å². The first-order valence-electron chi connectivity index (χ1n) is 8.20. The predicted molar refractivity (Wildman–Crippen MR) is 91.1 cm³/mol. The molecule has 0 saturated carbocycles. The summed E-state index contributed by atoms with van der Waals surface area (Å²) < 4.78 is 11.4. The highest BCUT2D eigenvalue weighted by Crippen LogP contribution is 2.22. The van der Waals surface area contributed by atoms with Crippen molar-refractivity contribution in [2.24, 2.45) is 0 Å². The van der Waals surface area contributed by atoms with Crippen molar-refractivity contribution in [3.05, 3.63) is 59.3 Å². The van der Waals surface area contributed by atoms with Crippen molar-refractivity contribution in [3.63, 3.8) is 0 Å². The SMILES string of the molecule is CCOc1ncccc1C(=O)N(C)CC1Cc2ccccc2CO1. The zero-order chi connectivity index (χ0) is 16.9. The topological polar surface area (TPSA) is 51.7 Å². The summed E-state index contributed by atoms with van der Waals surface area (Å²) in [5.41, 5.74) is 3.01. The Morgan fingerprint density at radius 1 is 1.29 bits per heavy atom. The number of rotatable bonds is 5. The van der Waals surface area contributed by atoms with E-state index in [4.69, 9.17) is 9.47 Å². The van der Waals surface area contributed by atoms with Gasteiger partial charge in [-0.25, -0.2) is 4.98 Å². The van der Waals surface area contributed by atoms with Crippen molar-refractivity contribution >= 4 is 5.91 Å². The minimum absolute atomic E-state index is 0.000986. The van der Waals surface area contributed by atoms with Gasteiger partial charge in [-0.1, -0.05) is 24.3 Å². The summed E-state index contributed by atoms with van der Waals surface area (Å²) in [6, 6.07) is 11.8. The van der Waals surface area contributed by atoms with E-state index < -0.39 is 0 Å². The van der Waals surface area contributed by atoms with E-state index in [1.54, 1.807) is 30.3 Å². The number of pyridine rings is 1. The fraction of sp³-hybridized carbons (Fsp3) is 0.368. The van der Waals surface area contributed by atoms with Crippen LogP contribution in [0.3, 0.4) is 0 Å². The molecule has 24 heavy (non-hydrogen) atoms. The molecule has 0 saturated heterocycles. The number of carbonyl (C=O) groups excluding carboxylic acids is 1. The van der Waals surface area contributed by atoms with Gasteiger partial charge in [0.1, 0.15) is 5.56 Å². The van der Waals surface area contributed by atoms with E-state index in [1.165, 1.54) is 11.1 Å². The molecule has 1 unspecified atom stereocenters. The molecule has 2 heterocycles. The smallest absolute Gasteiger partial charge is 0.259 e. The van der Waals surface area contributed by atoms with Crippen LogP contribution in [0.15, 0.2) is 42.6 Å². The predicted octanol–water partition coefficient (Wildman–Crippen LogP) is 2.69. The lowest BCUT2D eigenvalue weighted by Gasteiger charge is -2.29. The van der Waals surface area contributed by atoms with E-state index in [9.17, 15) is 4.79 Å². The molecule has 5 nitrogen and oxygen atoms in total. The highest BCUT2D eigenvalue weighted by atomic mass is 16.5. The number of likely N-dealkylation sites (N-methyl/N-ethyl adjacent to an activating group) is 1. The summed E-state index contributed by atoms with van der Waals surface area (Å²) in [5.74, 6) is 0.278. The lowest BCUT2D eigenvalue weighted by Crippen LogP contribution is -2.38. The van der Waals surface area contributed by atoms with Gasteiger partial charge in [0.2, 0.25) is 5.88 Å². The van der Waals surface area contributed by atoms with Crippen molar-refractivity contribution in [1.82, 2.24) is 9.88 Å². The molecule has 1 aliphatic heterocycles. The van der Waals surface area contributed by atoms with Crippen LogP contribution in [0, 0.1) is 0 Å². The molecule has 0 N–H and O–H groups in total. The third kappa shape index (κ3) is 3.57. The molecule has 2 aromatic rings. The third-order valence-corrected chi connectivity index (χ3v) is 4.15. The Bertz CT molecular complexity index is 717. The molecule has 1 aliphatic rings. The Hall–Kier alpha value is -2.40. The monoisotopic (exact) mass is 326 g/mol. The third-order valence-electron chi connectivity index (χ3n) is 4.15. The van der Waals surface area contributed by atoms with Crippen LogP contribution >= 0.6 is 0 Å². The van der Waals surface area contributed by atoms with Gasteiger partial charge < -0.3 is 14.4 Å². The summed E-state index contributed by atoms with van der Waals surface area (Å²) in [6.07, 6.45) is 2.45. The first kappa shape index (κ1) is 16.5. The molecule has 0 bridgehead atoms. The number of nitrogens with zero attached hydrogens (tertiary/aromatic N) is 2. The highest BCUT2D eigenvalue weighted by molar-refractivity contribution is 5.96. The van der Waals surface area contributed by atoms with Gasteiger partial charge in [-0.3, -0.25) is 4.79 Å². The van der Waals surface area contributed by atoms with Crippen molar-refractivity contribution in [2.75, 3.05) is 20.2 Å². The number of hydrogen-bond acceptors (Lipinski definition) is 4. The summed E-state index contributed by atoms with van der Waals surface area (Å²) in [5, 5.41) is 0. The van der Waals surface area contributed by atoms with Gasteiger partial charge in [-0.15, -0.1) is 0 Å². The van der Waals surface area contributed by atoms with E-state index in [0.717, 1.165) is 6.42 Å². The summed E-state index contributed by atoms with van der Waals surface area (Å²) in [7, 11) is 1.79. The normalized spacial score (nSPS) is 16.3. The van der Waals surface area contributed by atoms with Crippen LogP contribution in [0.2, 0.25) is 0 Å². The molecule has 1 amide bonds. The molecule has 1 atom stereocenters. The number of carbonyl (C=O) groups is 1. The summed E-state index contributed by atoms with van der Waals surface area (Å²) in [6.45, 7) is 3.48. The van der Waals surface area contributed by atoms with Gasteiger partial charge in [0, 0.05) is 26.2 Å². The number of hydrogen-bond donors (Lipinski definition) is 0. The van der Waals surface area contributed by atoms with Crippen LogP contribution in [0.4, 0.5) is 0 Å². The molecule has 1 aromatic heterocycles. The molecule has 0 fully saturated rings. The molecule has 126 valence electrons. The number of fused-ring (bicyclic) bond motifs is 1. The summed E-state index contributed by atoms with van der Waals surface area (Å²) in [4.78, 5) is 18.5. The zero-order valence-corrected chi connectivity index (χ0v) is 14.1. The molecule has 0 aliphatic carbocycles. The minimum atomic E-state index is -0.103. The minimum Gasteiger partial charge on any atom is -0.477 e. The Kier molecular flexibility index (Phi) is 5.11. The van der Waals surface area contributed by atoms with Gasteiger partial charge >= 0.3 is 0 Å². The maximum Gasteiger partial charge on any atom is 0.259 e. The number of ether oxygens (including phenoxy) is 2.